The summed E-state index contributed by atoms with van der Waals surface area (Å²) in [6.45, 7) is 4.79. The molecule has 1 saturated carbocycles. The zero-order valence-corrected chi connectivity index (χ0v) is 15.2. The monoisotopic (exact) mass is 321 g/mol. The van der Waals surface area contributed by atoms with Crippen LogP contribution in [-0.4, -0.2) is 0 Å². The summed E-state index contributed by atoms with van der Waals surface area (Å²) in [6, 6.07) is 17.7. The predicted octanol–water partition coefficient (Wildman–Crippen LogP) is 6.13. The number of nitrogen functional groups attached to an aromatic ring is 1. The highest BCUT2D eigenvalue weighted by Crippen LogP contribution is 2.50. The van der Waals surface area contributed by atoms with Gasteiger partial charge in [-0.1, -0.05) is 69.5 Å². The lowest BCUT2D eigenvalue weighted by molar-refractivity contribution is 0.172. The van der Waals surface area contributed by atoms with Crippen LogP contribution in [0.2, 0.25) is 0 Å². The third kappa shape index (κ3) is 3.66. The van der Waals surface area contributed by atoms with Gasteiger partial charge in [0.05, 0.1) is 0 Å². The van der Waals surface area contributed by atoms with E-state index >= 15 is 0 Å². The van der Waals surface area contributed by atoms with Crippen LogP contribution >= 0.6 is 0 Å². The van der Waals surface area contributed by atoms with Gasteiger partial charge in [-0.15, -0.1) is 0 Å². The van der Waals surface area contributed by atoms with E-state index in [9.17, 15) is 0 Å². The van der Waals surface area contributed by atoms with Crippen LogP contribution in [0.4, 0.5) is 5.69 Å². The zero-order valence-electron chi connectivity index (χ0n) is 15.2. The fourth-order valence-electron chi connectivity index (χ4n) is 4.62. The van der Waals surface area contributed by atoms with Crippen molar-refractivity contribution in [2.24, 2.45) is 5.41 Å². The van der Waals surface area contributed by atoms with Gasteiger partial charge < -0.3 is 5.73 Å². The molecule has 0 aliphatic heterocycles. The minimum absolute atomic E-state index is 0.345. The highest BCUT2D eigenvalue weighted by atomic mass is 14.5. The molecule has 2 aromatic carbocycles. The van der Waals surface area contributed by atoms with Crippen LogP contribution in [0.3, 0.4) is 0 Å². The summed E-state index contributed by atoms with van der Waals surface area (Å²) < 4.78 is 0. The second kappa shape index (κ2) is 7.42. The molecule has 0 amide bonds. The van der Waals surface area contributed by atoms with E-state index in [1.165, 1.54) is 44.1 Å². The molecule has 0 heterocycles. The minimum Gasteiger partial charge on any atom is -0.399 e. The standard InChI is InChI=1S/C23H31N/c1-3-8-19-9-4-5-10-21(19)22-11-6-7-16-23(22,2)17-18-12-14-20(24)15-13-18/h4-5,9-10,12-15,22H,3,6-8,11,16-17,24H2,1-2H3. The van der Waals surface area contributed by atoms with Crippen LogP contribution in [0.25, 0.3) is 0 Å². The smallest absolute Gasteiger partial charge is 0.0314 e. The number of hydrogen-bond acceptors (Lipinski definition) is 1. The Morgan fingerprint density at radius 2 is 1.79 bits per heavy atom. The summed E-state index contributed by atoms with van der Waals surface area (Å²) in [4.78, 5) is 0. The van der Waals surface area contributed by atoms with Gasteiger partial charge in [-0.3, -0.25) is 0 Å². The van der Waals surface area contributed by atoms with E-state index in [0.717, 1.165) is 12.1 Å². The Kier molecular flexibility index (Phi) is 5.28. The lowest BCUT2D eigenvalue weighted by atomic mass is 9.61. The Hall–Kier alpha value is -1.76. The first kappa shape index (κ1) is 17.1. The number of benzene rings is 2. The van der Waals surface area contributed by atoms with Crippen molar-refractivity contribution in [1.82, 2.24) is 0 Å². The molecule has 1 aliphatic rings. The quantitative estimate of drug-likeness (QED) is 0.659. The first-order valence-electron chi connectivity index (χ1n) is 9.54. The Balaban J connectivity index is 1.91. The fraction of sp³-hybridized carbons (Fsp3) is 0.478. The molecule has 2 unspecified atom stereocenters. The Morgan fingerprint density at radius 3 is 2.54 bits per heavy atom. The largest absolute Gasteiger partial charge is 0.399 e. The Labute approximate surface area is 147 Å². The summed E-state index contributed by atoms with van der Waals surface area (Å²) >= 11 is 0. The molecule has 1 nitrogen and oxygen atoms in total. The second-order valence-electron chi connectivity index (χ2n) is 7.82. The van der Waals surface area contributed by atoms with Gasteiger partial charge in [0.2, 0.25) is 0 Å². The summed E-state index contributed by atoms with van der Waals surface area (Å²) in [5, 5.41) is 0. The maximum atomic E-state index is 5.86. The number of hydrogen-bond donors (Lipinski definition) is 1. The highest BCUT2D eigenvalue weighted by Gasteiger charge is 2.38. The normalized spacial score (nSPS) is 24.0. The number of anilines is 1. The van der Waals surface area contributed by atoms with E-state index in [1.54, 1.807) is 11.1 Å². The fourth-order valence-corrected chi connectivity index (χ4v) is 4.62. The minimum atomic E-state index is 0.345. The molecule has 2 N–H and O–H groups in total. The van der Waals surface area contributed by atoms with Gasteiger partial charge in [0, 0.05) is 5.69 Å². The first-order chi connectivity index (χ1) is 11.6. The Bertz CT molecular complexity index is 658. The number of aryl methyl sites for hydroxylation is 1. The van der Waals surface area contributed by atoms with Crippen LogP contribution in [0, 0.1) is 5.41 Å². The summed E-state index contributed by atoms with van der Waals surface area (Å²) in [5.41, 5.74) is 11.7. The molecular formula is C23H31N. The van der Waals surface area contributed by atoms with Gasteiger partial charge in [0.25, 0.3) is 0 Å². The van der Waals surface area contributed by atoms with E-state index in [2.05, 4.69) is 50.2 Å². The number of rotatable bonds is 5. The zero-order chi connectivity index (χ0) is 17.0. The average molecular weight is 322 g/mol. The summed E-state index contributed by atoms with van der Waals surface area (Å²) in [6.07, 6.45) is 8.94. The lowest BCUT2D eigenvalue weighted by Crippen LogP contribution is -2.32. The molecule has 0 bridgehead atoms. The SMILES string of the molecule is CCCc1ccccc1C1CCCCC1(C)Cc1ccc(N)cc1. The van der Waals surface area contributed by atoms with Crippen molar-refractivity contribution in [3.8, 4) is 0 Å². The second-order valence-corrected chi connectivity index (χ2v) is 7.82. The molecule has 1 heteroatoms. The molecule has 128 valence electrons. The highest BCUT2D eigenvalue weighted by molar-refractivity contribution is 5.40. The molecule has 0 saturated heterocycles. The third-order valence-electron chi connectivity index (χ3n) is 5.87. The number of nitrogens with two attached hydrogens (primary N) is 1. The van der Waals surface area contributed by atoms with Crippen molar-refractivity contribution in [2.45, 2.75) is 64.7 Å². The molecular weight excluding hydrogens is 290 g/mol. The van der Waals surface area contributed by atoms with Gasteiger partial charge in [-0.25, -0.2) is 0 Å². The van der Waals surface area contributed by atoms with Crippen LogP contribution in [0.1, 0.15) is 68.6 Å². The molecule has 0 radical (unpaired) electrons. The third-order valence-corrected chi connectivity index (χ3v) is 5.87. The molecule has 3 rings (SSSR count). The van der Waals surface area contributed by atoms with Crippen molar-refractivity contribution in [2.75, 3.05) is 5.73 Å². The van der Waals surface area contributed by atoms with Gasteiger partial charge in [-0.05, 0) is 65.8 Å². The Morgan fingerprint density at radius 1 is 1.04 bits per heavy atom. The summed E-state index contributed by atoms with van der Waals surface area (Å²) in [5.74, 6) is 0.673. The maximum Gasteiger partial charge on any atom is 0.0314 e. The van der Waals surface area contributed by atoms with Crippen molar-refractivity contribution in [3.05, 3.63) is 65.2 Å². The molecule has 2 aromatic rings. The van der Waals surface area contributed by atoms with E-state index in [0.29, 0.717) is 11.3 Å². The average Bonchev–Trinajstić information content (AvgIpc) is 2.58. The van der Waals surface area contributed by atoms with Crippen LogP contribution in [0.5, 0.6) is 0 Å². The van der Waals surface area contributed by atoms with E-state index in [-0.39, 0.29) is 0 Å². The van der Waals surface area contributed by atoms with E-state index in [4.69, 9.17) is 5.73 Å². The van der Waals surface area contributed by atoms with Gasteiger partial charge in [-0.2, -0.15) is 0 Å². The van der Waals surface area contributed by atoms with Crippen LogP contribution in [0.15, 0.2) is 48.5 Å². The van der Waals surface area contributed by atoms with Crippen molar-refractivity contribution in [1.29, 1.82) is 0 Å². The predicted molar refractivity (Wildman–Crippen MR) is 104 cm³/mol. The van der Waals surface area contributed by atoms with Gasteiger partial charge in [0.1, 0.15) is 0 Å². The van der Waals surface area contributed by atoms with Crippen molar-refractivity contribution < 1.29 is 0 Å². The van der Waals surface area contributed by atoms with Gasteiger partial charge in [0.15, 0.2) is 0 Å². The molecule has 1 aliphatic carbocycles. The molecule has 0 aromatic heterocycles. The van der Waals surface area contributed by atoms with Gasteiger partial charge >= 0.3 is 0 Å². The molecule has 24 heavy (non-hydrogen) atoms. The molecule has 2 atom stereocenters. The van der Waals surface area contributed by atoms with E-state index in [1.807, 2.05) is 12.1 Å². The maximum absolute atomic E-state index is 5.86. The van der Waals surface area contributed by atoms with Crippen molar-refractivity contribution in [3.63, 3.8) is 0 Å². The molecule has 1 fully saturated rings. The van der Waals surface area contributed by atoms with Crippen LogP contribution in [-0.2, 0) is 12.8 Å². The van der Waals surface area contributed by atoms with Crippen LogP contribution < -0.4 is 5.73 Å². The molecule has 0 spiro atoms. The topological polar surface area (TPSA) is 26.0 Å². The van der Waals surface area contributed by atoms with Crippen molar-refractivity contribution >= 4 is 5.69 Å². The summed E-state index contributed by atoms with van der Waals surface area (Å²) in [7, 11) is 0. The lowest BCUT2D eigenvalue weighted by Gasteiger charge is -2.43. The van der Waals surface area contributed by atoms with E-state index < -0.39 is 0 Å². The first-order valence-corrected chi connectivity index (χ1v) is 9.54.